The number of carbonyl (C=O) groups excluding carboxylic acids is 1. The average Bonchev–Trinajstić information content (AvgIpc) is 2.59. The number of allylic oxidation sites excluding steroid dienone is 2. The van der Waals surface area contributed by atoms with Crippen LogP contribution in [-0.2, 0) is 4.79 Å². The molecule has 2 aromatic rings. The van der Waals surface area contributed by atoms with Crippen LogP contribution >= 0.6 is 15.9 Å². The van der Waals surface area contributed by atoms with Gasteiger partial charge in [0.1, 0.15) is 0 Å². The van der Waals surface area contributed by atoms with Crippen LogP contribution < -0.4 is 9.47 Å². The van der Waals surface area contributed by atoms with E-state index in [1.54, 1.807) is 38.5 Å². The molecule has 0 aliphatic rings. The van der Waals surface area contributed by atoms with Crippen LogP contribution in [0.1, 0.15) is 11.1 Å². The third-order valence-electron chi connectivity index (χ3n) is 3.16. The Morgan fingerprint density at radius 2 is 1.43 bits per heavy atom. The molecule has 0 heterocycles. The van der Waals surface area contributed by atoms with Gasteiger partial charge in [0.15, 0.2) is 17.3 Å². The van der Waals surface area contributed by atoms with E-state index in [1.807, 2.05) is 36.4 Å². The number of ketones is 1. The minimum Gasteiger partial charge on any atom is -0.493 e. The van der Waals surface area contributed by atoms with E-state index in [-0.39, 0.29) is 5.78 Å². The Morgan fingerprint density at radius 3 is 2.04 bits per heavy atom. The standard InChI is InChI=1S/C19H17BrO3/c1-22-18-12-7-15(13-19(18)23-2)6-11-17(21)10-5-14-3-8-16(20)9-4-14/h3-13H,1-2H3. The van der Waals surface area contributed by atoms with Crippen LogP contribution in [0.5, 0.6) is 11.5 Å². The highest BCUT2D eigenvalue weighted by Crippen LogP contribution is 2.27. The summed E-state index contributed by atoms with van der Waals surface area (Å²) in [5.74, 6) is 1.21. The molecule has 0 aromatic heterocycles. The summed E-state index contributed by atoms with van der Waals surface area (Å²) in [5.41, 5.74) is 1.84. The number of hydrogen-bond acceptors (Lipinski definition) is 3. The zero-order valence-corrected chi connectivity index (χ0v) is 14.5. The maximum absolute atomic E-state index is 11.9. The molecule has 118 valence electrons. The highest BCUT2D eigenvalue weighted by molar-refractivity contribution is 9.10. The maximum atomic E-state index is 11.9. The summed E-state index contributed by atoms with van der Waals surface area (Å²) in [6, 6.07) is 13.2. The first-order valence-corrected chi connectivity index (χ1v) is 7.79. The molecule has 2 aromatic carbocycles. The second-order valence-electron chi connectivity index (χ2n) is 4.74. The zero-order chi connectivity index (χ0) is 16.7. The molecule has 0 atom stereocenters. The average molecular weight is 373 g/mol. The van der Waals surface area contributed by atoms with Crippen molar-refractivity contribution in [2.75, 3.05) is 14.2 Å². The second-order valence-corrected chi connectivity index (χ2v) is 5.65. The molecule has 0 bridgehead atoms. The Hall–Kier alpha value is -2.33. The Kier molecular flexibility index (Phi) is 6.18. The van der Waals surface area contributed by atoms with Gasteiger partial charge in [-0.3, -0.25) is 4.79 Å². The van der Waals surface area contributed by atoms with Crippen LogP contribution in [0.3, 0.4) is 0 Å². The molecule has 4 heteroatoms. The SMILES string of the molecule is COc1ccc(C=CC(=O)C=Cc2ccc(Br)cc2)cc1OC. The number of halogens is 1. The Balaban J connectivity index is 2.04. The first kappa shape index (κ1) is 17.0. The van der Waals surface area contributed by atoms with Gasteiger partial charge in [0.25, 0.3) is 0 Å². The van der Waals surface area contributed by atoms with Gasteiger partial charge in [0.05, 0.1) is 14.2 Å². The van der Waals surface area contributed by atoms with Gasteiger partial charge in [-0.2, -0.15) is 0 Å². The topological polar surface area (TPSA) is 35.5 Å². The summed E-state index contributed by atoms with van der Waals surface area (Å²) in [4.78, 5) is 11.9. The fraction of sp³-hybridized carbons (Fsp3) is 0.105. The van der Waals surface area contributed by atoms with Crippen LogP contribution in [0, 0.1) is 0 Å². The molecule has 0 unspecified atom stereocenters. The summed E-state index contributed by atoms with van der Waals surface area (Å²) in [6.45, 7) is 0. The molecule has 0 saturated carbocycles. The van der Waals surface area contributed by atoms with Gasteiger partial charge in [-0.15, -0.1) is 0 Å². The van der Waals surface area contributed by atoms with E-state index in [2.05, 4.69) is 15.9 Å². The third kappa shape index (κ3) is 5.11. The maximum Gasteiger partial charge on any atom is 0.178 e. The largest absolute Gasteiger partial charge is 0.493 e. The summed E-state index contributed by atoms with van der Waals surface area (Å²) >= 11 is 3.38. The summed E-state index contributed by atoms with van der Waals surface area (Å²) in [5, 5.41) is 0. The minimum absolute atomic E-state index is 0.0808. The molecule has 0 spiro atoms. The molecule has 3 nitrogen and oxygen atoms in total. The lowest BCUT2D eigenvalue weighted by Crippen LogP contribution is -1.91. The van der Waals surface area contributed by atoms with E-state index in [1.165, 1.54) is 6.08 Å². The molecule has 0 aliphatic carbocycles. The van der Waals surface area contributed by atoms with Crippen molar-refractivity contribution in [3.05, 3.63) is 70.2 Å². The number of ether oxygens (including phenoxy) is 2. The normalized spacial score (nSPS) is 11.1. The number of benzene rings is 2. The molecular formula is C19H17BrO3. The van der Waals surface area contributed by atoms with Crippen LogP contribution in [0.15, 0.2) is 59.1 Å². The molecule has 0 amide bonds. The highest BCUT2D eigenvalue weighted by Gasteiger charge is 2.02. The fourth-order valence-corrected chi connectivity index (χ4v) is 2.21. The van der Waals surface area contributed by atoms with Gasteiger partial charge in [0, 0.05) is 4.47 Å². The predicted molar refractivity (Wildman–Crippen MR) is 96.8 cm³/mol. The van der Waals surface area contributed by atoms with Gasteiger partial charge < -0.3 is 9.47 Å². The lowest BCUT2D eigenvalue weighted by atomic mass is 10.1. The van der Waals surface area contributed by atoms with Crippen molar-refractivity contribution >= 4 is 33.9 Å². The van der Waals surface area contributed by atoms with Crippen molar-refractivity contribution in [2.45, 2.75) is 0 Å². The van der Waals surface area contributed by atoms with Gasteiger partial charge in [-0.1, -0.05) is 46.3 Å². The number of carbonyl (C=O) groups is 1. The van der Waals surface area contributed by atoms with Gasteiger partial charge in [-0.25, -0.2) is 0 Å². The van der Waals surface area contributed by atoms with Gasteiger partial charge in [0.2, 0.25) is 0 Å². The first-order valence-electron chi connectivity index (χ1n) is 7.00. The van der Waals surface area contributed by atoms with Crippen molar-refractivity contribution in [1.29, 1.82) is 0 Å². The number of rotatable bonds is 6. The molecule has 0 radical (unpaired) electrons. The van der Waals surface area contributed by atoms with Gasteiger partial charge >= 0.3 is 0 Å². The summed E-state index contributed by atoms with van der Waals surface area (Å²) in [7, 11) is 3.17. The molecule has 2 rings (SSSR count). The first-order chi connectivity index (χ1) is 11.1. The van der Waals surface area contributed by atoms with Crippen molar-refractivity contribution in [3.8, 4) is 11.5 Å². The Bertz CT molecular complexity index is 731. The quantitative estimate of drug-likeness (QED) is 0.685. The van der Waals surface area contributed by atoms with E-state index in [0.29, 0.717) is 11.5 Å². The molecule has 23 heavy (non-hydrogen) atoms. The smallest absolute Gasteiger partial charge is 0.178 e. The Morgan fingerprint density at radius 1 is 0.870 bits per heavy atom. The van der Waals surface area contributed by atoms with Crippen molar-refractivity contribution in [1.82, 2.24) is 0 Å². The summed E-state index contributed by atoms with van der Waals surface area (Å²) < 4.78 is 11.4. The van der Waals surface area contributed by atoms with E-state index in [0.717, 1.165) is 15.6 Å². The van der Waals surface area contributed by atoms with E-state index in [9.17, 15) is 4.79 Å². The van der Waals surface area contributed by atoms with Crippen LogP contribution in [0.4, 0.5) is 0 Å². The van der Waals surface area contributed by atoms with Crippen LogP contribution in [0.2, 0.25) is 0 Å². The monoisotopic (exact) mass is 372 g/mol. The van der Waals surface area contributed by atoms with Gasteiger partial charge in [-0.05, 0) is 47.5 Å². The van der Waals surface area contributed by atoms with Crippen molar-refractivity contribution in [2.24, 2.45) is 0 Å². The van der Waals surface area contributed by atoms with E-state index in [4.69, 9.17) is 9.47 Å². The van der Waals surface area contributed by atoms with Crippen molar-refractivity contribution in [3.63, 3.8) is 0 Å². The molecule has 0 N–H and O–H groups in total. The molecule has 0 saturated heterocycles. The molecule has 0 fully saturated rings. The predicted octanol–water partition coefficient (Wildman–Crippen LogP) is 4.76. The highest BCUT2D eigenvalue weighted by atomic mass is 79.9. The Labute approximate surface area is 144 Å². The third-order valence-corrected chi connectivity index (χ3v) is 3.69. The lowest BCUT2D eigenvalue weighted by molar-refractivity contribution is -0.110. The number of hydrogen-bond donors (Lipinski definition) is 0. The zero-order valence-electron chi connectivity index (χ0n) is 13.0. The summed E-state index contributed by atoms with van der Waals surface area (Å²) in [6.07, 6.45) is 6.60. The fourth-order valence-electron chi connectivity index (χ4n) is 1.94. The van der Waals surface area contributed by atoms with Crippen molar-refractivity contribution < 1.29 is 14.3 Å². The van der Waals surface area contributed by atoms with E-state index >= 15 is 0 Å². The second kappa shape index (κ2) is 8.34. The van der Waals surface area contributed by atoms with Crippen LogP contribution in [-0.4, -0.2) is 20.0 Å². The molecular weight excluding hydrogens is 356 g/mol. The number of methoxy groups -OCH3 is 2. The van der Waals surface area contributed by atoms with E-state index < -0.39 is 0 Å². The van der Waals surface area contributed by atoms with Crippen LogP contribution in [0.25, 0.3) is 12.2 Å². The lowest BCUT2D eigenvalue weighted by Gasteiger charge is -2.07. The molecule has 0 aliphatic heterocycles. The minimum atomic E-state index is -0.0808.